The Morgan fingerprint density at radius 3 is 2.50 bits per heavy atom. The van der Waals surface area contributed by atoms with Crippen molar-refractivity contribution in [2.24, 2.45) is 0 Å². The van der Waals surface area contributed by atoms with Crippen LogP contribution in [0.5, 0.6) is 0 Å². The van der Waals surface area contributed by atoms with E-state index in [1.807, 2.05) is 0 Å². The summed E-state index contributed by atoms with van der Waals surface area (Å²) in [4.78, 5) is 5.43. The van der Waals surface area contributed by atoms with Crippen LogP contribution in [0.2, 0.25) is 0 Å². The first-order chi connectivity index (χ1) is 8.72. The van der Waals surface area contributed by atoms with Crippen molar-refractivity contribution in [2.75, 3.05) is 39.3 Å². The molecule has 0 aromatic heterocycles. The molecule has 0 aromatic carbocycles. The molecular weight excluding hydrogens is 228 g/mol. The second kappa shape index (κ2) is 8.86. The lowest BCUT2D eigenvalue weighted by atomic mass is 10.1. The standard InChI is InChI=1S/C14H31N2O2/c1-3-5-6-7-11-18-15-8-10-16(9-4-2)12-14(17)13-16/h14-15,17H,3-13H2,1-2H3/q+1. The number of aliphatic hydroxyl groups is 1. The third-order valence-electron chi connectivity index (χ3n) is 3.78. The van der Waals surface area contributed by atoms with Crippen LogP contribution in [0.15, 0.2) is 0 Å². The average Bonchev–Trinajstić information content (AvgIpc) is 2.31. The number of likely N-dealkylation sites (tertiary alicyclic amines) is 1. The maximum atomic E-state index is 9.47. The highest BCUT2D eigenvalue weighted by Gasteiger charge is 2.41. The number of nitrogens with zero attached hydrogens (tertiary/aromatic N) is 1. The maximum absolute atomic E-state index is 9.47. The molecule has 0 unspecified atom stereocenters. The maximum Gasteiger partial charge on any atom is 0.152 e. The van der Waals surface area contributed by atoms with Gasteiger partial charge in [-0.15, -0.1) is 0 Å². The van der Waals surface area contributed by atoms with Gasteiger partial charge in [0.25, 0.3) is 0 Å². The van der Waals surface area contributed by atoms with Crippen LogP contribution in [-0.4, -0.2) is 55.0 Å². The minimum absolute atomic E-state index is 0.0773. The molecule has 1 heterocycles. The first-order valence-electron chi connectivity index (χ1n) is 7.60. The van der Waals surface area contributed by atoms with Gasteiger partial charge in [-0.2, -0.15) is 5.48 Å². The molecule has 1 aliphatic rings. The molecule has 1 saturated heterocycles. The predicted molar refractivity (Wildman–Crippen MR) is 74.1 cm³/mol. The summed E-state index contributed by atoms with van der Waals surface area (Å²) in [7, 11) is 0. The van der Waals surface area contributed by atoms with Gasteiger partial charge in [-0.3, -0.25) is 0 Å². The van der Waals surface area contributed by atoms with Crippen molar-refractivity contribution < 1.29 is 14.4 Å². The van der Waals surface area contributed by atoms with Crippen LogP contribution in [0.3, 0.4) is 0 Å². The Morgan fingerprint density at radius 2 is 1.89 bits per heavy atom. The van der Waals surface area contributed by atoms with Crippen LogP contribution in [-0.2, 0) is 4.84 Å². The minimum Gasteiger partial charge on any atom is -0.382 e. The lowest BCUT2D eigenvalue weighted by Crippen LogP contribution is -2.68. The first-order valence-corrected chi connectivity index (χ1v) is 7.60. The molecule has 2 N–H and O–H groups in total. The topological polar surface area (TPSA) is 41.5 Å². The first kappa shape index (κ1) is 15.9. The third kappa shape index (κ3) is 5.65. The van der Waals surface area contributed by atoms with E-state index in [0.717, 1.165) is 43.7 Å². The van der Waals surface area contributed by atoms with Crippen molar-refractivity contribution in [3.63, 3.8) is 0 Å². The number of unbranched alkanes of at least 4 members (excludes halogenated alkanes) is 3. The summed E-state index contributed by atoms with van der Waals surface area (Å²) in [5, 5.41) is 9.47. The molecule has 18 heavy (non-hydrogen) atoms. The average molecular weight is 259 g/mol. The summed E-state index contributed by atoms with van der Waals surface area (Å²) in [6.45, 7) is 10.2. The lowest BCUT2D eigenvalue weighted by molar-refractivity contribution is -0.971. The van der Waals surface area contributed by atoms with Crippen molar-refractivity contribution in [3.05, 3.63) is 0 Å². The molecule has 0 amide bonds. The van der Waals surface area contributed by atoms with Crippen LogP contribution < -0.4 is 5.48 Å². The highest BCUT2D eigenvalue weighted by Crippen LogP contribution is 2.20. The van der Waals surface area contributed by atoms with Gasteiger partial charge < -0.3 is 14.4 Å². The molecule has 0 bridgehead atoms. The molecule has 4 heteroatoms. The summed E-state index contributed by atoms with van der Waals surface area (Å²) in [5.74, 6) is 0. The van der Waals surface area contributed by atoms with Gasteiger partial charge in [-0.1, -0.05) is 33.1 Å². The van der Waals surface area contributed by atoms with Crippen molar-refractivity contribution in [1.82, 2.24) is 5.48 Å². The van der Waals surface area contributed by atoms with Crippen molar-refractivity contribution >= 4 is 0 Å². The van der Waals surface area contributed by atoms with Crippen LogP contribution in [0.25, 0.3) is 0 Å². The van der Waals surface area contributed by atoms with E-state index in [-0.39, 0.29) is 6.10 Å². The lowest BCUT2D eigenvalue weighted by Gasteiger charge is -2.48. The number of hydrogen-bond acceptors (Lipinski definition) is 3. The zero-order valence-corrected chi connectivity index (χ0v) is 12.2. The van der Waals surface area contributed by atoms with E-state index < -0.39 is 0 Å². The largest absolute Gasteiger partial charge is 0.382 e. The Kier molecular flexibility index (Phi) is 7.82. The van der Waals surface area contributed by atoms with E-state index >= 15 is 0 Å². The van der Waals surface area contributed by atoms with Gasteiger partial charge in [-0.05, 0) is 12.8 Å². The second-order valence-electron chi connectivity index (χ2n) is 5.61. The van der Waals surface area contributed by atoms with Crippen molar-refractivity contribution in [2.45, 2.75) is 52.1 Å². The van der Waals surface area contributed by atoms with E-state index in [9.17, 15) is 5.11 Å². The van der Waals surface area contributed by atoms with E-state index in [4.69, 9.17) is 4.84 Å². The number of quaternary nitrogens is 1. The Balaban J connectivity index is 1.96. The summed E-state index contributed by atoms with van der Waals surface area (Å²) < 4.78 is 1.06. The summed E-state index contributed by atoms with van der Waals surface area (Å²) in [6.07, 6.45) is 6.09. The van der Waals surface area contributed by atoms with Gasteiger partial charge in [0.15, 0.2) is 6.10 Å². The normalized spacial score (nSPS) is 27.2. The number of aliphatic hydroxyl groups excluding tert-OH is 1. The summed E-state index contributed by atoms with van der Waals surface area (Å²) in [6, 6.07) is 0. The van der Waals surface area contributed by atoms with Gasteiger partial charge in [0.05, 0.1) is 26.2 Å². The molecule has 1 fully saturated rings. The zero-order chi connectivity index (χ0) is 13.3. The quantitative estimate of drug-likeness (QED) is 0.337. The fourth-order valence-electron chi connectivity index (χ4n) is 2.82. The van der Waals surface area contributed by atoms with E-state index in [1.165, 1.54) is 32.2 Å². The van der Waals surface area contributed by atoms with Gasteiger partial charge in [0, 0.05) is 0 Å². The monoisotopic (exact) mass is 259 g/mol. The molecule has 0 radical (unpaired) electrons. The van der Waals surface area contributed by atoms with Crippen LogP contribution in [0, 0.1) is 0 Å². The molecule has 0 saturated carbocycles. The number of hydrogen-bond donors (Lipinski definition) is 2. The smallest absolute Gasteiger partial charge is 0.152 e. The van der Waals surface area contributed by atoms with Gasteiger partial charge in [-0.25, -0.2) is 0 Å². The van der Waals surface area contributed by atoms with E-state index in [0.29, 0.717) is 0 Å². The number of rotatable bonds is 11. The fourth-order valence-corrected chi connectivity index (χ4v) is 2.82. The zero-order valence-electron chi connectivity index (χ0n) is 12.2. The van der Waals surface area contributed by atoms with Crippen molar-refractivity contribution in [3.8, 4) is 0 Å². The van der Waals surface area contributed by atoms with Gasteiger partial charge >= 0.3 is 0 Å². The molecule has 0 aromatic rings. The Morgan fingerprint density at radius 1 is 1.11 bits per heavy atom. The Bertz CT molecular complexity index is 200. The predicted octanol–water partition coefficient (Wildman–Crippen LogP) is 1.69. The molecule has 0 spiro atoms. The Hall–Kier alpha value is -0.160. The van der Waals surface area contributed by atoms with Gasteiger partial charge in [0.2, 0.25) is 0 Å². The molecule has 4 nitrogen and oxygen atoms in total. The minimum atomic E-state index is -0.0773. The second-order valence-corrected chi connectivity index (χ2v) is 5.61. The van der Waals surface area contributed by atoms with Gasteiger partial charge in [0.1, 0.15) is 13.1 Å². The molecule has 1 aliphatic heterocycles. The van der Waals surface area contributed by atoms with Crippen LogP contribution in [0.4, 0.5) is 0 Å². The van der Waals surface area contributed by atoms with Crippen molar-refractivity contribution in [1.29, 1.82) is 0 Å². The highest BCUT2D eigenvalue weighted by atomic mass is 16.6. The SMILES string of the molecule is CCCCCCONCC[N+]1(CCC)CC(O)C1. The summed E-state index contributed by atoms with van der Waals surface area (Å²) in [5.41, 5.74) is 3.06. The Labute approximate surface area is 112 Å². The number of nitrogens with one attached hydrogen (secondary N) is 1. The number of hydroxylamine groups is 1. The van der Waals surface area contributed by atoms with E-state index in [1.54, 1.807) is 0 Å². The van der Waals surface area contributed by atoms with E-state index in [2.05, 4.69) is 19.3 Å². The third-order valence-corrected chi connectivity index (χ3v) is 3.78. The molecule has 0 aliphatic carbocycles. The molecule has 0 atom stereocenters. The fraction of sp³-hybridized carbons (Fsp3) is 1.00. The van der Waals surface area contributed by atoms with Crippen LogP contribution >= 0.6 is 0 Å². The molecular formula is C14H31N2O2+. The molecule has 1 rings (SSSR count). The molecule has 108 valence electrons. The van der Waals surface area contributed by atoms with Crippen LogP contribution in [0.1, 0.15) is 46.0 Å². The highest BCUT2D eigenvalue weighted by molar-refractivity contribution is 4.67. The summed E-state index contributed by atoms with van der Waals surface area (Å²) >= 11 is 0.